The van der Waals surface area contributed by atoms with Gasteiger partial charge < -0.3 is 19.6 Å². The Hall–Kier alpha value is -1.75. The highest BCUT2D eigenvalue weighted by atomic mass is 16.5. The van der Waals surface area contributed by atoms with Gasteiger partial charge in [0.15, 0.2) is 0 Å². The first-order valence-corrected chi connectivity index (χ1v) is 6.96. The Bertz CT molecular complexity index is 470. The summed E-state index contributed by atoms with van der Waals surface area (Å²) in [7, 11) is 3.30. The molecule has 0 atom stereocenters. The number of methoxy groups -OCH3 is 1. The predicted octanol–water partition coefficient (Wildman–Crippen LogP) is 1.57. The number of carbonyl (C=O) groups is 1. The monoisotopic (exact) mass is 278 g/mol. The van der Waals surface area contributed by atoms with Crippen molar-refractivity contribution in [1.29, 1.82) is 0 Å². The molecule has 0 saturated carbocycles. The summed E-state index contributed by atoms with van der Waals surface area (Å²) in [5.74, 6) is 0.378. The molecule has 0 spiro atoms. The second-order valence-corrected chi connectivity index (χ2v) is 5.16. The van der Waals surface area contributed by atoms with E-state index in [1.165, 1.54) is 26.0 Å². The van der Waals surface area contributed by atoms with Crippen molar-refractivity contribution < 1.29 is 14.6 Å². The van der Waals surface area contributed by atoms with Crippen molar-refractivity contribution in [2.45, 2.75) is 12.8 Å². The number of phenolic OH excluding ortho intramolecular Hbond substituents is 1. The molecule has 0 bridgehead atoms. The van der Waals surface area contributed by atoms with Gasteiger partial charge in [-0.2, -0.15) is 0 Å². The van der Waals surface area contributed by atoms with E-state index in [1.807, 2.05) is 0 Å². The van der Waals surface area contributed by atoms with Crippen LogP contribution in [0.25, 0.3) is 0 Å². The van der Waals surface area contributed by atoms with Gasteiger partial charge >= 0.3 is 0 Å². The van der Waals surface area contributed by atoms with E-state index in [1.54, 1.807) is 24.1 Å². The molecule has 2 rings (SSSR count). The lowest BCUT2D eigenvalue weighted by molar-refractivity contribution is 0.0779. The largest absolute Gasteiger partial charge is 0.507 e. The average Bonchev–Trinajstić information content (AvgIpc) is 2.98. The Morgan fingerprint density at radius 3 is 2.75 bits per heavy atom. The maximum absolute atomic E-state index is 12.3. The third-order valence-electron chi connectivity index (χ3n) is 3.73. The van der Waals surface area contributed by atoms with Crippen LogP contribution in [-0.2, 0) is 0 Å². The maximum atomic E-state index is 12.3. The molecule has 1 aromatic rings. The molecule has 20 heavy (non-hydrogen) atoms. The van der Waals surface area contributed by atoms with Gasteiger partial charge in [0.05, 0.1) is 12.7 Å². The van der Waals surface area contributed by atoms with Gasteiger partial charge in [0.2, 0.25) is 0 Å². The molecule has 110 valence electrons. The molecule has 1 amide bonds. The third kappa shape index (κ3) is 3.42. The number of hydrogen-bond acceptors (Lipinski definition) is 4. The summed E-state index contributed by atoms with van der Waals surface area (Å²) in [5, 5.41) is 9.82. The average molecular weight is 278 g/mol. The lowest BCUT2D eigenvalue weighted by atomic mass is 10.1. The van der Waals surface area contributed by atoms with E-state index >= 15 is 0 Å². The first-order chi connectivity index (χ1) is 9.61. The van der Waals surface area contributed by atoms with Crippen molar-refractivity contribution in [2.24, 2.45) is 0 Å². The smallest absolute Gasteiger partial charge is 0.257 e. The van der Waals surface area contributed by atoms with E-state index in [2.05, 4.69) is 4.90 Å². The molecule has 1 heterocycles. The number of likely N-dealkylation sites (tertiary alicyclic amines) is 1. The highest BCUT2D eigenvalue weighted by molar-refractivity contribution is 5.97. The molecule has 1 N–H and O–H groups in total. The number of amides is 1. The number of benzene rings is 1. The van der Waals surface area contributed by atoms with Gasteiger partial charge in [-0.15, -0.1) is 0 Å². The van der Waals surface area contributed by atoms with E-state index in [0.29, 0.717) is 12.3 Å². The molecule has 0 aliphatic carbocycles. The van der Waals surface area contributed by atoms with E-state index in [-0.39, 0.29) is 17.2 Å². The number of nitrogens with zero attached hydrogens (tertiary/aromatic N) is 2. The molecule has 1 aliphatic heterocycles. The van der Waals surface area contributed by atoms with Crippen LogP contribution in [-0.4, -0.2) is 61.2 Å². The number of carbonyl (C=O) groups excluding carboxylic acids is 1. The fourth-order valence-corrected chi connectivity index (χ4v) is 2.42. The molecule has 5 nitrogen and oxygen atoms in total. The standard InChI is InChI=1S/C15H22N2O3/c1-16(9-10-17-7-3-4-8-17)15(19)13-11-12(20-2)5-6-14(13)18/h5-6,11,18H,3-4,7-10H2,1-2H3. The Labute approximate surface area is 119 Å². The molecule has 0 aromatic heterocycles. The molecule has 1 aliphatic rings. The van der Waals surface area contributed by atoms with Crippen LogP contribution in [0.4, 0.5) is 0 Å². The fourth-order valence-electron chi connectivity index (χ4n) is 2.42. The predicted molar refractivity (Wildman–Crippen MR) is 77.3 cm³/mol. The van der Waals surface area contributed by atoms with Crippen LogP contribution in [0.3, 0.4) is 0 Å². The van der Waals surface area contributed by atoms with Crippen LogP contribution in [0, 0.1) is 0 Å². The van der Waals surface area contributed by atoms with E-state index in [0.717, 1.165) is 19.6 Å². The van der Waals surface area contributed by atoms with E-state index in [9.17, 15) is 9.90 Å². The van der Waals surface area contributed by atoms with Gasteiger partial charge in [-0.25, -0.2) is 0 Å². The van der Waals surface area contributed by atoms with E-state index in [4.69, 9.17) is 4.74 Å². The van der Waals surface area contributed by atoms with Crippen molar-refractivity contribution >= 4 is 5.91 Å². The van der Waals surface area contributed by atoms with Gasteiger partial charge in [-0.3, -0.25) is 4.79 Å². The number of phenols is 1. The van der Waals surface area contributed by atoms with Crippen molar-refractivity contribution in [2.75, 3.05) is 40.3 Å². The second kappa shape index (κ2) is 6.61. The minimum atomic E-state index is -0.180. The van der Waals surface area contributed by atoms with Gasteiger partial charge in [0, 0.05) is 20.1 Å². The zero-order chi connectivity index (χ0) is 14.5. The summed E-state index contributed by atoms with van der Waals surface area (Å²) >= 11 is 0. The zero-order valence-corrected chi connectivity index (χ0v) is 12.1. The molecule has 1 aromatic carbocycles. The van der Waals surface area contributed by atoms with Gasteiger partial charge in [0.1, 0.15) is 11.5 Å². The van der Waals surface area contributed by atoms with Crippen molar-refractivity contribution in [3.8, 4) is 11.5 Å². The summed E-state index contributed by atoms with van der Waals surface area (Å²) in [6.07, 6.45) is 2.49. The number of rotatable bonds is 5. The molecule has 0 radical (unpaired) electrons. The molecule has 5 heteroatoms. The Morgan fingerprint density at radius 2 is 2.10 bits per heavy atom. The highest BCUT2D eigenvalue weighted by Gasteiger charge is 2.18. The van der Waals surface area contributed by atoms with Crippen LogP contribution in [0.2, 0.25) is 0 Å². The van der Waals surface area contributed by atoms with Crippen LogP contribution in [0.1, 0.15) is 23.2 Å². The number of hydrogen-bond donors (Lipinski definition) is 1. The molecular formula is C15H22N2O3. The number of ether oxygens (including phenoxy) is 1. The summed E-state index contributed by atoms with van der Waals surface area (Å²) in [5.41, 5.74) is 0.285. The van der Waals surface area contributed by atoms with Crippen LogP contribution in [0.5, 0.6) is 11.5 Å². The van der Waals surface area contributed by atoms with Crippen molar-refractivity contribution in [3.05, 3.63) is 23.8 Å². The van der Waals surface area contributed by atoms with Crippen molar-refractivity contribution in [3.63, 3.8) is 0 Å². The summed E-state index contributed by atoms with van der Waals surface area (Å²) in [6.45, 7) is 3.78. The van der Waals surface area contributed by atoms with Crippen LogP contribution >= 0.6 is 0 Å². The Morgan fingerprint density at radius 1 is 1.40 bits per heavy atom. The fraction of sp³-hybridized carbons (Fsp3) is 0.533. The SMILES string of the molecule is COc1ccc(O)c(C(=O)N(C)CCN2CCCC2)c1. The van der Waals surface area contributed by atoms with E-state index < -0.39 is 0 Å². The Kier molecular flexibility index (Phi) is 4.84. The summed E-state index contributed by atoms with van der Waals surface area (Å²) in [4.78, 5) is 16.3. The first kappa shape index (κ1) is 14.7. The molecule has 1 fully saturated rings. The first-order valence-electron chi connectivity index (χ1n) is 6.96. The highest BCUT2D eigenvalue weighted by Crippen LogP contribution is 2.24. The minimum absolute atomic E-state index is 0.0103. The molecule has 0 unspecified atom stereocenters. The minimum Gasteiger partial charge on any atom is -0.507 e. The normalized spacial score (nSPS) is 15.3. The second-order valence-electron chi connectivity index (χ2n) is 5.16. The Balaban J connectivity index is 1.98. The van der Waals surface area contributed by atoms with Crippen LogP contribution < -0.4 is 4.74 Å². The number of aromatic hydroxyl groups is 1. The van der Waals surface area contributed by atoms with Gasteiger partial charge in [-0.05, 0) is 44.1 Å². The number of likely N-dealkylation sites (N-methyl/N-ethyl adjacent to an activating group) is 1. The summed E-state index contributed by atoms with van der Waals surface area (Å²) < 4.78 is 5.09. The van der Waals surface area contributed by atoms with Gasteiger partial charge in [0.25, 0.3) is 5.91 Å². The van der Waals surface area contributed by atoms with Crippen molar-refractivity contribution in [1.82, 2.24) is 9.80 Å². The van der Waals surface area contributed by atoms with Crippen LogP contribution in [0.15, 0.2) is 18.2 Å². The topological polar surface area (TPSA) is 53.0 Å². The quantitative estimate of drug-likeness (QED) is 0.888. The third-order valence-corrected chi connectivity index (χ3v) is 3.73. The molecule has 1 saturated heterocycles. The zero-order valence-electron chi connectivity index (χ0n) is 12.1. The maximum Gasteiger partial charge on any atom is 0.257 e. The lowest BCUT2D eigenvalue weighted by Gasteiger charge is -2.22. The molecular weight excluding hydrogens is 256 g/mol. The summed E-state index contributed by atoms with van der Waals surface area (Å²) in [6, 6.07) is 4.70. The van der Waals surface area contributed by atoms with Gasteiger partial charge in [-0.1, -0.05) is 0 Å². The lowest BCUT2D eigenvalue weighted by Crippen LogP contribution is -2.35.